The summed E-state index contributed by atoms with van der Waals surface area (Å²) in [5, 5.41) is 2.67. The highest BCUT2D eigenvalue weighted by Gasteiger charge is 2.19. The first-order chi connectivity index (χ1) is 4.86. The molecule has 0 aromatic heterocycles. The van der Waals surface area contributed by atoms with Gasteiger partial charge in [0.05, 0.1) is 12.1 Å². The normalized spacial score (nSPS) is 19.8. The molecule has 1 saturated heterocycles. The second kappa shape index (κ2) is 1.74. The van der Waals surface area contributed by atoms with Gasteiger partial charge >= 0.3 is 0 Å². The summed E-state index contributed by atoms with van der Waals surface area (Å²) in [6.07, 6.45) is 4.13. The van der Waals surface area contributed by atoms with Crippen LogP contribution >= 0.6 is 0 Å². The first-order valence-corrected chi connectivity index (χ1v) is 3.07. The quantitative estimate of drug-likeness (QED) is 0.480. The van der Waals surface area contributed by atoms with Crippen LogP contribution in [0.5, 0.6) is 0 Å². The molecule has 1 N–H and O–H groups in total. The average molecular weight is 131 g/mol. The maximum Gasteiger partial charge on any atom is 0.229 e. The number of allylic oxidation sites excluding steroid dienone is 3. The molecule has 2 nitrogen and oxygen atoms in total. The summed E-state index contributed by atoms with van der Waals surface area (Å²) in [6, 6.07) is 0. The van der Waals surface area contributed by atoms with E-state index in [2.05, 4.69) is 16.8 Å². The Morgan fingerprint density at radius 2 is 2.50 bits per heavy atom. The summed E-state index contributed by atoms with van der Waals surface area (Å²) in [5.74, 6) is 0.0471. The molecule has 2 heteroatoms. The van der Waals surface area contributed by atoms with Gasteiger partial charge in [-0.15, -0.1) is 0 Å². The summed E-state index contributed by atoms with van der Waals surface area (Å²) in [6.45, 7) is 0. The van der Waals surface area contributed by atoms with Crippen molar-refractivity contribution in [3.63, 3.8) is 0 Å². The lowest BCUT2D eigenvalue weighted by Crippen LogP contribution is -2.11. The van der Waals surface area contributed by atoms with E-state index >= 15 is 0 Å². The van der Waals surface area contributed by atoms with Crippen LogP contribution in [0.1, 0.15) is 6.42 Å². The lowest BCUT2D eigenvalue weighted by molar-refractivity contribution is -0.118. The van der Waals surface area contributed by atoms with E-state index < -0.39 is 0 Å². The van der Waals surface area contributed by atoms with Crippen LogP contribution in [0, 0.1) is 0 Å². The van der Waals surface area contributed by atoms with Crippen LogP contribution in [-0.4, -0.2) is 5.91 Å². The Labute approximate surface area is 58.2 Å². The van der Waals surface area contributed by atoms with Gasteiger partial charge in [0.15, 0.2) is 0 Å². The molecule has 1 aliphatic heterocycles. The summed E-state index contributed by atoms with van der Waals surface area (Å²) < 4.78 is 0. The molecule has 1 heterocycles. The summed E-state index contributed by atoms with van der Waals surface area (Å²) >= 11 is 0. The molecule has 0 unspecified atom stereocenters. The van der Waals surface area contributed by atoms with Crippen LogP contribution in [0.4, 0.5) is 0 Å². The number of rotatable bonds is 0. The first kappa shape index (κ1) is 5.31. The van der Waals surface area contributed by atoms with Crippen molar-refractivity contribution in [2.75, 3.05) is 0 Å². The highest BCUT2D eigenvalue weighted by molar-refractivity contribution is 5.87. The molecule has 2 aliphatic rings. The van der Waals surface area contributed by atoms with E-state index in [1.54, 1.807) is 6.08 Å². The predicted octanol–water partition coefficient (Wildman–Crippen LogP) is 0.640. The van der Waals surface area contributed by atoms with Gasteiger partial charge in [-0.2, -0.15) is 0 Å². The smallest absolute Gasteiger partial charge is 0.229 e. The molecule has 1 amide bonds. The third-order valence-electron chi connectivity index (χ3n) is 1.50. The van der Waals surface area contributed by atoms with E-state index in [1.165, 1.54) is 0 Å². The van der Waals surface area contributed by atoms with Crippen molar-refractivity contribution in [2.24, 2.45) is 0 Å². The van der Waals surface area contributed by atoms with Crippen molar-refractivity contribution in [1.29, 1.82) is 0 Å². The van der Waals surface area contributed by atoms with Gasteiger partial charge in [0.2, 0.25) is 5.91 Å². The minimum Gasteiger partial charge on any atom is -0.319 e. The van der Waals surface area contributed by atoms with E-state index in [4.69, 9.17) is 0 Å². The molecule has 48 valence electrons. The van der Waals surface area contributed by atoms with Crippen molar-refractivity contribution in [3.05, 3.63) is 34.9 Å². The van der Waals surface area contributed by atoms with Crippen LogP contribution in [0.15, 0.2) is 34.9 Å². The van der Waals surface area contributed by atoms with Gasteiger partial charge in [-0.1, -0.05) is 5.73 Å². The third-order valence-corrected chi connectivity index (χ3v) is 1.50. The van der Waals surface area contributed by atoms with Crippen molar-refractivity contribution < 1.29 is 4.79 Å². The summed E-state index contributed by atoms with van der Waals surface area (Å²) in [5.41, 5.74) is 7.40. The fourth-order valence-corrected chi connectivity index (χ4v) is 1.04. The lowest BCUT2D eigenvalue weighted by atomic mass is 10.1. The maximum atomic E-state index is 10.8. The number of hydrogen-bond acceptors (Lipinski definition) is 1. The Morgan fingerprint density at radius 3 is 3.30 bits per heavy atom. The lowest BCUT2D eigenvalue weighted by Gasteiger charge is -1.93. The zero-order chi connectivity index (χ0) is 6.97. The fourth-order valence-electron chi connectivity index (χ4n) is 1.04. The SMILES string of the molecule is O=C1CC2=CC=C=C=C2N1. The van der Waals surface area contributed by atoms with E-state index in [0.29, 0.717) is 6.42 Å². The Morgan fingerprint density at radius 1 is 1.60 bits per heavy atom. The molecule has 0 saturated carbocycles. The molecule has 1 aliphatic carbocycles. The third kappa shape index (κ3) is 0.645. The number of amides is 1. The van der Waals surface area contributed by atoms with Crippen molar-refractivity contribution in [1.82, 2.24) is 5.32 Å². The minimum absolute atomic E-state index is 0.0471. The van der Waals surface area contributed by atoms with Gasteiger partial charge in [0.25, 0.3) is 0 Å². The Balaban J connectivity index is 2.54. The van der Waals surface area contributed by atoms with Gasteiger partial charge in [0.1, 0.15) is 0 Å². The molecule has 0 atom stereocenters. The number of hydrogen-bond donors (Lipinski definition) is 1. The minimum atomic E-state index is 0.0471. The molecule has 0 radical (unpaired) electrons. The molecule has 0 bridgehead atoms. The molecule has 0 spiro atoms. The van der Waals surface area contributed by atoms with Crippen LogP contribution in [0.3, 0.4) is 0 Å². The second-order valence-electron chi connectivity index (χ2n) is 2.23. The highest BCUT2D eigenvalue weighted by atomic mass is 16.1. The molecule has 0 aromatic rings. The average Bonchev–Trinajstić information content (AvgIpc) is 2.27. The van der Waals surface area contributed by atoms with E-state index in [0.717, 1.165) is 11.3 Å². The van der Waals surface area contributed by atoms with Gasteiger partial charge in [0, 0.05) is 0 Å². The zero-order valence-electron chi connectivity index (χ0n) is 5.27. The monoisotopic (exact) mass is 131 g/mol. The maximum absolute atomic E-state index is 10.8. The zero-order valence-corrected chi connectivity index (χ0v) is 5.27. The molecule has 2 rings (SSSR count). The second-order valence-corrected chi connectivity index (χ2v) is 2.23. The van der Waals surface area contributed by atoms with Gasteiger partial charge < -0.3 is 5.32 Å². The van der Waals surface area contributed by atoms with Gasteiger partial charge in [-0.05, 0) is 23.5 Å². The Hall–Kier alpha value is -1.49. The molecular formula is C8H5NO. The summed E-state index contributed by atoms with van der Waals surface area (Å²) in [4.78, 5) is 10.8. The van der Waals surface area contributed by atoms with Crippen molar-refractivity contribution in [2.45, 2.75) is 6.42 Å². The van der Waals surface area contributed by atoms with E-state index in [1.807, 2.05) is 6.08 Å². The first-order valence-electron chi connectivity index (χ1n) is 3.07. The number of fused-ring (bicyclic) bond motifs is 1. The fraction of sp³-hybridized carbons (Fsp3) is 0.125. The number of carbonyl (C=O) groups is 1. The largest absolute Gasteiger partial charge is 0.319 e. The van der Waals surface area contributed by atoms with Crippen molar-refractivity contribution in [3.8, 4) is 0 Å². The highest BCUT2D eigenvalue weighted by Crippen LogP contribution is 2.18. The molecule has 0 aromatic carbocycles. The topological polar surface area (TPSA) is 29.1 Å². The Kier molecular flexibility index (Phi) is 0.925. The standard InChI is InChI=1S/C8H5NO/c10-8-5-6-3-1-2-4-7(6)9-8/h1,3H,5H2,(H,9,10). The van der Waals surface area contributed by atoms with E-state index in [-0.39, 0.29) is 5.91 Å². The van der Waals surface area contributed by atoms with Gasteiger partial charge in [-0.25, -0.2) is 0 Å². The van der Waals surface area contributed by atoms with Crippen molar-refractivity contribution >= 4 is 5.91 Å². The Bertz CT molecular complexity index is 323. The molecule has 10 heavy (non-hydrogen) atoms. The summed E-state index contributed by atoms with van der Waals surface area (Å²) in [7, 11) is 0. The number of nitrogens with one attached hydrogen (secondary N) is 1. The molecular weight excluding hydrogens is 126 g/mol. The van der Waals surface area contributed by atoms with Crippen LogP contribution in [0.2, 0.25) is 0 Å². The molecule has 1 fully saturated rings. The van der Waals surface area contributed by atoms with E-state index in [9.17, 15) is 4.79 Å². The van der Waals surface area contributed by atoms with Crippen LogP contribution in [-0.2, 0) is 4.79 Å². The van der Waals surface area contributed by atoms with Gasteiger partial charge in [-0.3, -0.25) is 4.79 Å². The predicted molar refractivity (Wildman–Crippen MR) is 36.0 cm³/mol. The number of carbonyl (C=O) groups excluding carboxylic acids is 1. The van der Waals surface area contributed by atoms with Crippen LogP contribution < -0.4 is 5.32 Å². The van der Waals surface area contributed by atoms with Crippen LogP contribution in [0.25, 0.3) is 0 Å².